The third kappa shape index (κ3) is 5.94. The number of rotatable bonds is 4. The van der Waals surface area contributed by atoms with Gasteiger partial charge < -0.3 is 29.7 Å². The lowest BCUT2D eigenvalue weighted by molar-refractivity contribution is -0.134. The Hall–Kier alpha value is -2.68. The number of halogens is 1. The quantitative estimate of drug-likeness (QED) is 0.755. The van der Waals surface area contributed by atoms with E-state index in [1.165, 1.54) is 0 Å². The zero-order chi connectivity index (χ0) is 22.4. The Balaban J connectivity index is 1.42. The van der Waals surface area contributed by atoms with E-state index in [-0.39, 0.29) is 18.0 Å². The van der Waals surface area contributed by atoms with Crippen LogP contribution in [-0.4, -0.2) is 97.7 Å². The summed E-state index contributed by atoms with van der Waals surface area (Å²) in [6.45, 7) is 8.09. The number of benzene rings is 1. The molecule has 0 aliphatic carbocycles. The van der Waals surface area contributed by atoms with Gasteiger partial charge in [0.05, 0.1) is 6.61 Å². The average molecular weight is 452 g/mol. The number of piperazine rings is 2. The predicted octanol–water partition coefficient (Wildman–Crippen LogP) is 1.86. The molecule has 9 nitrogen and oxygen atoms in total. The van der Waals surface area contributed by atoms with Gasteiger partial charge in [-0.25, -0.2) is 9.59 Å². The number of nitrogens with one attached hydrogen (secondary N) is 1. The lowest BCUT2D eigenvalue weighted by Gasteiger charge is -2.37. The Morgan fingerprint density at radius 2 is 1.48 bits per heavy atom. The Morgan fingerprint density at radius 1 is 0.935 bits per heavy atom. The van der Waals surface area contributed by atoms with Crippen molar-refractivity contribution in [2.75, 3.05) is 63.9 Å². The van der Waals surface area contributed by atoms with E-state index in [0.717, 1.165) is 5.69 Å². The van der Waals surface area contributed by atoms with Crippen LogP contribution in [-0.2, 0) is 9.53 Å². The number of amides is 4. The fourth-order valence-corrected chi connectivity index (χ4v) is 3.88. The Bertz CT molecular complexity index is 774. The molecular weight excluding hydrogens is 422 g/mol. The van der Waals surface area contributed by atoms with Gasteiger partial charge in [-0.2, -0.15) is 0 Å². The first-order chi connectivity index (χ1) is 14.9. The van der Waals surface area contributed by atoms with Gasteiger partial charge in [-0.1, -0.05) is 11.6 Å². The summed E-state index contributed by atoms with van der Waals surface area (Å²) in [6, 6.07) is 6.80. The number of carbonyl (C=O) groups is 3. The molecule has 1 N–H and O–H groups in total. The van der Waals surface area contributed by atoms with Crippen molar-refractivity contribution >= 4 is 35.3 Å². The van der Waals surface area contributed by atoms with Gasteiger partial charge in [-0.05, 0) is 38.1 Å². The smallest absolute Gasteiger partial charge is 0.409 e. The van der Waals surface area contributed by atoms with Gasteiger partial charge in [0, 0.05) is 63.1 Å². The lowest BCUT2D eigenvalue weighted by atomic mass is 10.2. The molecule has 0 radical (unpaired) electrons. The van der Waals surface area contributed by atoms with Gasteiger partial charge in [-0.15, -0.1) is 0 Å². The first-order valence-corrected chi connectivity index (χ1v) is 11.0. The minimum Gasteiger partial charge on any atom is -0.450 e. The van der Waals surface area contributed by atoms with Crippen molar-refractivity contribution in [2.45, 2.75) is 19.9 Å². The van der Waals surface area contributed by atoms with Gasteiger partial charge in [0.1, 0.15) is 6.04 Å². The SMILES string of the molecule is CCOC(=O)N1CCN(C(=O)[C@@H](C)NC(=O)N2CCN(c3ccc(Cl)cc3)CC2)CC1. The van der Waals surface area contributed by atoms with Gasteiger partial charge in [0.25, 0.3) is 0 Å². The summed E-state index contributed by atoms with van der Waals surface area (Å²) in [7, 11) is 0. The monoisotopic (exact) mass is 451 g/mol. The van der Waals surface area contributed by atoms with E-state index in [0.29, 0.717) is 64.0 Å². The van der Waals surface area contributed by atoms with Crippen molar-refractivity contribution in [3.05, 3.63) is 29.3 Å². The van der Waals surface area contributed by atoms with E-state index >= 15 is 0 Å². The molecule has 10 heteroatoms. The Labute approximate surface area is 187 Å². The van der Waals surface area contributed by atoms with Crippen molar-refractivity contribution in [1.82, 2.24) is 20.0 Å². The second-order valence-corrected chi connectivity index (χ2v) is 8.07. The molecule has 1 atom stereocenters. The maximum Gasteiger partial charge on any atom is 0.409 e. The van der Waals surface area contributed by atoms with Crippen LogP contribution >= 0.6 is 11.6 Å². The van der Waals surface area contributed by atoms with Crippen LogP contribution in [0.2, 0.25) is 5.02 Å². The summed E-state index contributed by atoms with van der Waals surface area (Å²) in [5.41, 5.74) is 1.08. The van der Waals surface area contributed by atoms with Crippen LogP contribution < -0.4 is 10.2 Å². The maximum atomic E-state index is 12.7. The average Bonchev–Trinajstić information content (AvgIpc) is 2.79. The highest BCUT2D eigenvalue weighted by Gasteiger charge is 2.29. The zero-order valence-corrected chi connectivity index (χ0v) is 18.8. The molecule has 2 heterocycles. The molecule has 0 saturated carbocycles. The molecule has 2 aliphatic rings. The Morgan fingerprint density at radius 3 is 2.06 bits per heavy atom. The molecule has 2 fully saturated rings. The molecule has 4 amide bonds. The second-order valence-electron chi connectivity index (χ2n) is 7.63. The van der Waals surface area contributed by atoms with Crippen LogP contribution in [0.15, 0.2) is 24.3 Å². The Kier molecular flexibility index (Phi) is 7.84. The molecule has 2 aliphatic heterocycles. The van der Waals surface area contributed by atoms with E-state index < -0.39 is 6.04 Å². The number of anilines is 1. The van der Waals surface area contributed by atoms with E-state index in [2.05, 4.69) is 10.2 Å². The summed E-state index contributed by atoms with van der Waals surface area (Å²) in [5, 5.41) is 3.51. The molecule has 1 aromatic carbocycles. The minimum absolute atomic E-state index is 0.142. The fraction of sp³-hybridized carbons (Fsp3) is 0.571. The summed E-state index contributed by atoms with van der Waals surface area (Å²) in [6.07, 6.45) is -0.353. The predicted molar refractivity (Wildman–Crippen MR) is 118 cm³/mol. The lowest BCUT2D eigenvalue weighted by Crippen LogP contribution is -2.58. The molecule has 0 spiro atoms. The van der Waals surface area contributed by atoms with Crippen molar-refractivity contribution in [3.8, 4) is 0 Å². The van der Waals surface area contributed by atoms with E-state index in [1.54, 1.807) is 28.5 Å². The van der Waals surface area contributed by atoms with Gasteiger partial charge in [0.2, 0.25) is 5.91 Å². The molecule has 2 saturated heterocycles. The normalized spacial score (nSPS) is 17.9. The molecule has 1 aromatic rings. The summed E-state index contributed by atoms with van der Waals surface area (Å²) in [4.78, 5) is 44.4. The summed E-state index contributed by atoms with van der Waals surface area (Å²) < 4.78 is 5.00. The first kappa shape index (κ1) is 23.0. The number of carbonyl (C=O) groups excluding carboxylic acids is 3. The number of hydrogen-bond donors (Lipinski definition) is 1. The van der Waals surface area contributed by atoms with Gasteiger partial charge in [0.15, 0.2) is 0 Å². The first-order valence-electron chi connectivity index (χ1n) is 10.7. The molecular formula is C21H30ClN5O4. The fourth-order valence-electron chi connectivity index (χ4n) is 3.76. The van der Waals surface area contributed by atoms with Crippen LogP contribution in [0.5, 0.6) is 0 Å². The van der Waals surface area contributed by atoms with Crippen molar-refractivity contribution in [3.63, 3.8) is 0 Å². The maximum absolute atomic E-state index is 12.7. The van der Waals surface area contributed by atoms with Crippen LogP contribution in [0, 0.1) is 0 Å². The third-order valence-corrected chi connectivity index (χ3v) is 5.84. The number of urea groups is 1. The standard InChI is InChI=1S/C21H30ClN5O4/c1-3-31-21(30)27-14-10-25(11-15-27)19(28)16(2)23-20(29)26-12-8-24(9-13-26)18-6-4-17(22)5-7-18/h4-7,16H,3,8-15H2,1-2H3,(H,23,29)/t16-/m1/s1. The van der Waals surface area contributed by atoms with Crippen molar-refractivity contribution in [1.29, 1.82) is 0 Å². The largest absolute Gasteiger partial charge is 0.450 e. The highest BCUT2D eigenvalue weighted by molar-refractivity contribution is 6.30. The van der Waals surface area contributed by atoms with Crippen LogP contribution in [0.25, 0.3) is 0 Å². The van der Waals surface area contributed by atoms with E-state index in [9.17, 15) is 14.4 Å². The minimum atomic E-state index is -0.629. The van der Waals surface area contributed by atoms with E-state index in [4.69, 9.17) is 16.3 Å². The van der Waals surface area contributed by atoms with Crippen molar-refractivity contribution < 1.29 is 19.1 Å². The summed E-state index contributed by atoms with van der Waals surface area (Å²) in [5.74, 6) is -0.142. The second kappa shape index (κ2) is 10.6. The summed E-state index contributed by atoms with van der Waals surface area (Å²) >= 11 is 5.95. The van der Waals surface area contributed by atoms with Gasteiger partial charge >= 0.3 is 12.1 Å². The van der Waals surface area contributed by atoms with Crippen LogP contribution in [0.4, 0.5) is 15.3 Å². The van der Waals surface area contributed by atoms with Crippen LogP contribution in [0.3, 0.4) is 0 Å². The third-order valence-electron chi connectivity index (χ3n) is 5.59. The van der Waals surface area contributed by atoms with Crippen LogP contribution in [0.1, 0.15) is 13.8 Å². The number of ether oxygens (including phenoxy) is 1. The zero-order valence-electron chi connectivity index (χ0n) is 18.1. The molecule has 170 valence electrons. The highest BCUT2D eigenvalue weighted by Crippen LogP contribution is 2.19. The number of nitrogens with zero attached hydrogens (tertiary/aromatic N) is 4. The topological polar surface area (TPSA) is 85.4 Å². The van der Waals surface area contributed by atoms with E-state index in [1.807, 2.05) is 24.3 Å². The molecule has 0 aromatic heterocycles. The molecule has 0 unspecified atom stereocenters. The van der Waals surface area contributed by atoms with Crippen molar-refractivity contribution in [2.24, 2.45) is 0 Å². The number of hydrogen-bond acceptors (Lipinski definition) is 5. The molecule has 0 bridgehead atoms. The highest BCUT2D eigenvalue weighted by atomic mass is 35.5. The molecule has 3 rings (SSSR count). The molecule has 31 heavy (non-hydrogen) atoms. The van der Waals surface area contributed by atoms with Gasteiger partial charge in [-0.3, -0.25) is 4.79 Å².